The van der Waals surface area contributed by atoms with Crippen molar-refractivity contribution in [2.75, 3.05) is 11.3 Å². The first-order valence-electron chi connectivity index (χ1n) is 6.04. The van der Waals surface area contributed by atoms with Crippen molar-refractivity contribution in [3.8, 4) is 0 Å². The molecule has 2 rings (SSSR count). The molecule has 0 unspecified atom stereocenters. The van der Waals surface area contributed by atoms with Gasteiger partial charge in [0.15, 0.2) is 0 Å². The van der Waals surface area contributed by atoms with Gasteiger partial charge >= 0.3 is 0 Å². The van der Waals surface area contributed by atoms with E-state index in [0.29, 0.717) is 11.4 Å². The molecule has 1 aromatic carbocycles. The second kappa shape index (κ2) is 6.29. The summed E-state index contributed by atoms with van der Waals surface area (Å²) in [6.07, 6.45) is 1.38. The zero-order chi connectivity index (χ0) is 14.6. The van der Waals surface area contributed by atoms with Crippen LogP contribution in [0.1, 0.15) is 17.0 Å². The predicted octanol–water partition coefficient (Wildman–Crippen LogP) is 1.57. The van der Waals surface area contributed by atoms with Crippen LogP contribution in [0, 0.1) is 6.92 Å². The van der Waals surface area contributed by atoms with E-state index >= 15 is 0 Å². The van der Waals surface area contributed by atoms with E-state index in [1.807, 2.05) is 0 Å². The van der Waals surface area contributed by atoms with E-state index in [9.17, 15) is 8.42 Å². The molecular weight excluding hydrogens is 298 g/mol. The van der Waals surface area contributed by atoms with Crippen molar-refractivity contribution in [3.63, 3.8) is 0 Å². The monoisotopic (exact) mass is 313 g/mol. The molecule has 108 valence electrons. The number of sulfonamides is 1. The molecule has 0 fully saturated rings. The number of hydrogen-bond acceptors (Lipinski definition) is 6. The largest absolute Gasteiger partial charge is 0.396 e. The average Bonchev–Trinajstić information content (AvgIpc) is 2.81. The maximum absolute atomic E-state index is 12.1. The summed E-state index contributed by atoms with van der Waals surface area (Å²) in [6.45, 7) is 1.88. The zero-order valence-electron chi connectivity index (χ0n) is 10.9. The number of hydrogen-bond donors (Lipinski definition) is 2. The predicted molar refractivity (Wildman–Crippen MR) is 77.3 cm³/mol. The van der Waals surface area contributed by atoms with Gasteiger partial charge in [-0.25, -0.2) is 8.42 Å². The van der Waals surface area contributed by atoms with Crippen molar-refractivity contribution in [2.45, 2.75) is 24.7 Å². The fourth-order valence-corrected chi connectivity index (χ4v) is 3.45. The number of aryl methyl sites for hydroxylation is 2. The molecular formula is C12H15N3O3S2. The maximum Gasteiger partial charge on any atom is 0.263 e. The lowest BCUT2D eigenvalue weighted by atomic mass is 10.1. The van der Waals surface area contributed by atoms with E-state index in [2.05, 4.69) is 14.9 Å². The summed E-state index contributed by atoms with van der Waals surface area (Å²) >= 11 is 1.18. The van der Waals surface area contributed by atoms with Crippen LogP contribution in [0.25, 0.3) is 0 Å². The highest BCUT2D eigenvalue weighted by molar-refractivity contribution is 7.93. The van der Waals surface area contributed by atoms with Crippen LogP contribution in [0.4, 0.5) is 5.13 Å². The van der Waals surface area contributed by atoms with E-state index < -0.39 is 10.0 Å². The second-order valence-corrected chi connectivity index (χ2v) is 7.07. The molecule has 0 radical (unpaired) electrons. The lowest BCUT2D eigenvalue weighted by molar-refractivity contribution is 0.288. The zero-order valence-corrected chi connectivity index (χ0v) is 12.5. The third kappa shape index (κ3) is 3.75. The van der Waals surface area contributed by atoms with E-state index in [1.165, 1.54) is 11.3 Å². The molecule has 2 aromatic rings. The molecule has 0 aliphatic carbocycles. The Morgan fingerprint density at radius 1 is 1.25 bits per heavy atom. The second-order valence-electron chi connectivity index (χ2n) is 4.20. The van der Waals surface area contributed by atoms with Crippen molar-refractivity contribution in [1.82, 2.24) is 10.2 Å². The van der Waals surface area contributed by atoms with E-state index in [0.717, 1.165) is 12.0 Å². The van der Waals surface area contributed by atoms with Crippen LogP contribution in [0.5, 0.6) is 0 Å². The van der Waals surface area contributed by atoms with Gasteiger partial charge in [-0.1, -0.05) is 23.5 Å². The molecule has 8 heteroatoms. The molecule has 1 aromatic heterocycles. The van der Waals surface area contributed by atoms with Crippen molar-refractivity contribution in [1.29, 1.82) is 0 Å². The van der Waals surface area contributed by atoms with Crippen LogP contribution in [0.3, 0.4) is 0 Å². The third-order valence-corrected chi connectivity index (χ3v) is 4.84. The molecule has 0 saturated heterocycles. The molecule has 0 aliphatic heterocycles. The smallest absolute Gasteiger partial charge is 0.263 e. The number of anilines is 1. The molecule has 0 saturated carbocycles. The Hall–Kier alpha value is -1.51. The summed E-state index contributed by atoms with van der Waals surface area (Å²) in [5.74, 6) is 0. The minimum absolute atomic E-state index is 0.123. The van der Waals surface area contributed by atoms with Gasteiger partial charge < -0.3 is 5.11 Å². The Morgan fingerprint density at radius 2 is 1.95 bits per heavy atom. The summed E-state index contributed by atoms with van der Waals surface area (Å²) in [7, 11) is -3.63. The Labute approximate surface area is 121 Å². The standard InChI is InChI=1S/C12H15N3O3S2/c1-9-13-14-12(19-9)15-20(17,18)11-6-4-10(5-7-11)3-2-8-16/h4-7,16H,2-3,8H2,1H3,(H,14,15). The van der Waals surface area contributed by atoms with Crippen LogP contribution < -0.4 is 4.72 Å². The number of benzene rings is 1. The fourth-order valence-electron chi connectivity index (χ4n) is 1.63. The molecule has 0 bridgehead atoms. The Kier molecular flexibility index (Phi) is 4.69. The van der Waals surface area contributed by atoms with Crippen molar-refractivity contribution in [3.05, 3.63) is 34.8 Å². The number of rotatable bonds is 6. The molecule has 0 spiro atoms. The quantitative estimate of drug-likeness (QED) is 0.844. The van der Waals surface area contributed by atoms with Gasteiger partial charge in [-0.05, 0) is 37.5 Å². The highest BCUT2D eigenvalue weighted by atomic mass is 32.2. The van der Waals surface area contributed by atoms with Gasteiger partial charge in [-0.3, -0.25) is 4.72 Å². The molecule has 6 nitrogen and oxygen atoms in total. The molecule has 0 atom stereocenters. The first-order valence-corrected chi connectivity index (χ1v) is 8.34. The van der Waals surface area contributed by atoms with Gasteiger partial charge in [0.05, 0.1) is 4.90 Å². The van der Waals surface area contributed by atoms with Crippen LogP contribution in [0.2, 0.25) is 0 Å². The number of aromatic nitrogens is 2. The number of aliphatic hydroxyl groups is 1. The molecule has 0 amide bonds. The van der Waals surface area contributed by atoms with Crippen molar-refractivity contribution >= 4 is 26.5 Å². The van der Waals surface area contributed by atoms with Gasteiger partial charge in [0.2, 0.25) is 5.13 Å². The lowest BCUT2D eigenvalue weighted by Crippen LogP contribution is -2.12. The average molecular weight is 313 g/mol. The first-order chi connectivity index (χ1) is 9.51. The first kappa shape index (κ1) is 14.9. The van der Waals surface area contributed by atoms with E-state index in [-0.39, 0.29) is 16.6 Å². The topological polar surface area (TPSA) is 92.2 Å². The SMILES string of the molecule is Cc1nnc(NS(=O)(=O)c2ccc(CCCO)cc2)s1. The normalized spacial score (nSPS) is 11.5. The minimum atomic E-state index is -3.63. The molecule has 1 heterocycles. The summed E-state index contributed by atoms with van der Waals surface area (Å²) in [6, 6.07) is 6.58. The summed E-state index contributed by atoms with van der Waals surface area (Å²) in [5, 5.41) is 17.2. The van der Waals surface area contributed by atoms with Crippen LogP contribution in [0.15, 0.2) is 29.2 Å². The van der Waals surface area contributed by atoms with Crippen LogP contribution in [-0.4, -0.2) is 30.3 Å². The third-order valence-electron chi connectivity index (χ3n) is 2.60. The van der Waals surface area contributed by atoms with E-state index in [4.69, 9.17) is 5.11 Å². The van der Waals surface area contributed by atoms with Crippen LogP contribution >= 0.6 is 11.3 Å². The van der Waals surface area contributed by atoms with Gasteiger partial charge in [0.25, 0.3) is 10.0 Å². The highest BCUT2D eigenvalue weighted by Crippen LogP contribution is 2.19. The molecule has 0 aliphatic rings. The lowest BCUT2D eigenvalue weighted by Gasteiger charge is -2.06. The fraction of sp³-hybridized carbons (Fsp3) is 0.333. The maximum atomic E-state index is 12.1. The Bertz CT molecular complexity index is 666. The summed E-state index contributed by atoms with van der Waals surface area (Å²) in [4.78, 5) is 0.179. The highest BCUT2D eigenvalue weighted by Gasteiger charge is 2.16. The Morgan fingerprint density at radius 3 is 2.50 bits per heavy atom. The van der Waals surface area contributed by atoms with Crippen molar-refractivity contribution in [2.24, 2.45) is 0 Å². The molecule has 2 N–H and O–H groups in total. The summed E-state index contributed by atoms with van der Waals surface area (Å²) < 4.78 is 26.6. The number of aliphatic hydroxyl groups excluding tert-OH is 1. The minimum Gasteiger partial charge on any atom is -0.396 e. The number of nitrogens with zero attached hydrogens (tertiary/aromatic N) is 2. The van der Waals surface area contributed by atoms with Gasteiger partial charge in [-0.2, -0.15) is 0 Å². The molecule has 20 heavy (non-hydrogen) atoms. The van der Waals surface area contributed by atoms with Gasteiger partial charge in [0.1, 0.15) is 5.01 Å². The number of nitrogens with one attached hydrogen (secondary N) is 1. The summed E-state index contributed by atoms with van der Waals surface area (Å²) in [5.41, 5.74) is 0.991. The van der Waals surface area contributed by atoms with Gasteiger partial charge in [-0.15, -0.1) is 10.2 Å². The Balaban J connectivity index is 2.13. The van der Waals surface area contributed by atoms with Gasteiger partial charge in [0, 0.05) is 6.61 Å². The van der Waals surface area contributed by atoms with Crippen LogP contribution in [-0.2, 0) is 16.4 Å². The van der Waals surface area contributed by atoms with Crippen molar-refractivity contribution < 1.29 is 13.5 Å². The van der Waals surface area contributed by atoms with E-state index in [1.54, 1.807) is 31.2 Å².